The Kier molecular flexibility index (Phi) is 4.72. The molecule has 5 aromatic heterocycles. The molecule has 0 radical (unpaired) electrons. The number of fused-ring (bicyclic) bond motifs is 13. The molecule has 0 atom stereocenters. The van der Waals surface area contributed by atoms with E-state index in [0.717, 1.165) is 37.9 Å². The summed E-state index contributed by atoms with van der Waals surface area (Å²) >= 11 is 3.60. The smallest absolute Gasteiger partial charge is 0.235 e. The third-order valence-corrected chi connectivity index (χ3v) is 10.8. The van der Waals surface area contributed by atoms with Crippen molar-refractivity contribution in [3.63, 3.8) is 0 Å². The van der Waals surface area contributed by atoms with Gasteiger partial charge in [0.15, 0.2) is 0 Å². The van der Waals surface area contributed by atoms with E-state index in [1.165, 1.54) is 46.4 Å². The van der Waals surface area contributed by atoms with Crippen LogP contribution in [0, 0.1) is 0 Å². The third kappa shape index (κ3) is 3.16. The average molecular weight is 585 g/mol. The number of pyridine rings is 1. The minimum Gasteiger partial charge on any atom is -0.276 e. The second-order valence-electron chi connectivity index (χ2n) is 10.8. The van der Waals surface area contributed by atoms with Crippen LogP contribution in [0.1, 0.15) is 0 Å². The van der Waals surface area contributed by atoms with Crippen molar-refractivity contribution in [1.82, 2.24) is 19.5 Å². The number of hydrogen-bond acceptors (Lipinski definition) is 5. The Hall–Kier alpha value is -5.17. The minimum absolute atomic E-state index is 0.688. The first-order valence-corrected chi connectivity index (χ1v) is 15.8. The van der Waals surface area contributed by atoms with Crippen molar-refractivity contribution < 1.29 is 0 Å². The van der Waals surface area contributed by atoms with Crippen LogP contribution < -0.4 is 0 Å². The second kappa shape index (κ2) is 8.67. The lowest BCUT2D eigenvalue weighted by Gasteiger charge is -2.11. The van der Waals surface area contributed by atoms with E-state index in [9.17, 15) is 0 Å². The van der Waals surface area contributed by atoms with Crippen LogP contribution in [-0.4, -0.2) is 19.5 Å². The van der Waals surface area contributed by atoms with Crippen LogP contribution in [-0.2, 0) is 0 Å². The highest BCUT2D eigenvalue weighted by molar-refractivity contribution is 7.27. The molecule has 5 heterocycles. The van der Waals surface area contributed by atoms with Crippen molar-refractivity contribution in [1.29, 1.82) is 0 Å². The molecule has 0 spiro atoms. The maximum atomic E-state index is 5.40. The fourth-order valence-electron chi connectivity index (χ4n) is 6.70. The lowest BCUT2D eigenvalue weighted by Crippen LogP contribution is -2.03. The van der Waals surface area contributed by atoms with E-state index in [1.54, 1.807) is 11.3 Å². The number of thiophene rings is 2. The molecule has 4 nitrogen and oxygen atoms in total. The molecule has 0 saturated heterocycles. The molecule has 10 aromatic rings. The Morgan fingerprint density at radius 3 is 2.09 bits per heavy atom. The molecule has 200 valence electrons. The van der Waals surface area contributed by atoms with Gasteiger partial charge in [-0.05, 0) is 29.7 Å². The lowest BCUT2D eigenvalue weighted by molar-refractivity contribution is 1.02. The van der Waals surface area contributed by atoms with Crippen molar-refractivity contribution >= 4 is 95.7 Å². The summed E-state index contributed by atoms with van der Waals surface area (Å²) in [6.07, 6.45) is 3.93. The van der Waals surface area contributed by atoms with Crippen LogP contribution in [0.4, 0.5) is 0 Å². The van der Waals surface area contributed by atoms with E-state index in [0.29, 0.717) is 5.95 Å². The largest absolute Gasteiger partial charge is 0.276 e. The highest BCUT2D eigenvalue weighted by Gasteiger charge is 2.24. The van der Waals surface area contributed by atoms with Crippen molar-refractivity contribution in [2.45, 2.75) is 0 Å². The predicted octanol–water partition coefficient (Wildman–Crippen LogP) is 10.5. The quantitative estimate of drug-likeness (QED) is 0.203. The Labute approximate surface area is 253 Å². The van der Waals surface area contributed by atoms with Gasteiger partial charge in [0, 0.05) is 59.7 Å². The molecular weight excluding hydrogens is 565 g/mol. The summed E-state index contributed by atoms with van der Waals surface area (Å²) in [7, 11) is 0. The van der Waals surface area contributed by atoms with Crippen LogP contribution in [0.2, 0.25) is 0 Å². The maximum Gasteiger partial charge on any atom is 0.235 e. The van der Waals surface area contributed by atoms with Gasteiger partial charge in [0.1, 0.15) is 0 Å². The molecular formula is C37H20N4S2. The van der Waals surface area contributed by atoms with Crippen molar-refractivity contribution in [2.75, 3.05) is 0 Å². The zero-order valence-corrected chi connectivity index (χ0v) is 24.3. The van der Waals surface area contributed by atoms with E-state index >= 15 is 0 Å². The summed E-state index contributed by atoms with van der Waals surface area (Å²) in [5.74, 6) is 0.688. The van der Waals surface area contributed by atoms with Gasteiger partial charge in [0.2, 0.25) is 5.95 Å². The van der Waals surface area contributed by atoms with E-state index in [4.69, 9.17) is 9.97 Å². The molecule has 0 fully saturated rings. The Bertz CT molecular complexity index is 2730. The molecule has 0 aliphatic rings. The minimum atomic E-state index is 0.688. The monoisotopic (exact) mass is 584 g/mol. The number of nitrogens with zero attached hydrogens (tertiary/aromatic N) is 4. The molecule has 6 heteroatoms. The van der Waals surface area contributed by atoms with Crippen molar-refractivity contribution in [2.24, 2.45) is 0 Å². The fourth-order valence-corrected chi connectivity index (χ4v) is 9.11. The molecule has 0 N–H and O–H groups in total. The molecule has 10 rings (SSSR count). The highest BCUT2D eigenvalue weighted by Crippen LogP contribution is 2.48. The van der Waals surface area contributed by atoms with E-state index in [2.05, 4.69) is 119 Å². The number of rotatable bonds is 2. The Morgan fingerprint density at radius 2 is 1.23 bits per heavy atom. The van der Waals surface area contributed by atoms with E-state index in [1.807, 2.05) is 23.7 Å². The van der Waals surface area contributed by atoms with Crippen molar-refractivity contribution in [3.05, 3.63) is 122 Å². The van der Waals surface area contributed by atoms with E-state index in [-0.39, 0.29) is 0 Å². The molecule has 0 amide bonds. The molecule has 43 heavy (non-hydrogen) atoms. The lowest BCUT2D eigenvalue weighted by atomic mass is 10.0. The topological polar surface area (TPSA) is 43.6 Å². The maximum absolute atomic E-state index is 5.40. The molecule has 0 bridgehead atoms. The van der Waals surface area contributed by atoms with Crippen LogP contribution in [0.15, 0.2) is 122 Å². The highest BCUT2D eigenvalue weighted by atomic mass is 32.1. The predicted molar refractivity (Wildman–Crippen MR) is 183 cm³/mol. The first-order valence-electron chi connectivity index (χ1n) is 14.2. The summed E-state index contributed by atoms with van der Waals surface area (Å²) in [5.41, 5.74) is 5.29. The summed E-state index contributed by atoms with van der Waals surface area (Å²) in [6.45, 7) is 0. The van der Waals surface area contributed by atoms with Crippen LogP contribution in [0.25, 0.3) is 90.3 Å². The van der Waals surface area contributed by atoms with E-state index < -0.39 is 0 Å². The second-order valence-corrected chi connectivity index (χ2v) is 12.9. The number of benzene rings is 5. The number of hydrogen-bond donors (Lipinski definition) is 0. The van der Waals surface area contributed by atoms with Gasteiger partial charge in [-0.3, -0.25) is 9.55 Å². The first-order chi connectivity index (χ1) is 21.3. The Balaban J connectivity index is 1.46. The van der Waals surface area contributed by atoms with Gasteiger partial charge in [-0.25, -0.2) is 9.97 Å². The van der Waals surface area contributed by atoms with Crippen LogP contribution in [0.3, 0.4) is 0 Å². The SMILES string of the molecule is c1ccc(-c2nc(-n3c4ccccc4c4c5ccncc5c5c6ccccc6sc5c43)nc3c2sc2ccccc23)cc1. The molecule has 0 aliphatic carbocycles. The molecule has 5 aromatic carbocycles. The summed E-state index contributed by atoms with van der Waals surface area (Å²) in [5, 5.41) is 8.43. The zero-order valence-electron chi connectivity index (χ0n) is 22.7. The first kappa shape index (κ1) is 23.4. The zero-order chi connectivity index (χ0) is 28.1. The number of para-hydroxylation sites is 1. The average Bonchev–Trinajstić information content (AvgIpc) is 3.75. The van der Waals surface area contributed by atoms with Gasteiger partial charge >= 0.3 is 0 Å². The van der Waals surface area contributed by atoms with Crippen molar-refractivity contribution in [3.8, 4) is 17.2 Å². The molecule has 0 saturated carbocycles. The normalized spacial score (nSPS) is 12.2. The molecule has 0 aliphatic heterocycles. The Morgan fingerprint density at radius 1 is 0.535 bits per heavy atom. The summed E-state index contributed by atoms with van der Waals surface area (Å²) < 4.78 is 7.12. The van der Waals surface area contributed by atoms with Crippen LogP contribution >= 0.6 is 22.7 Å². The van der Waals surface area contributed by atoms with Gasteiger partial charge in [0.25, 0.3) is 0 Å². The van der Waals surface area contributed by atoms with Gasteiger partial charge in [-0.1, -0.05) is 84.9 Å². The van der Waals surface area contributed by atoms with Crippen LogP contribution in [0.5, 0.6) is 0 Å². The number of aromatic nitrogens is 4. The fraction of sp³-hybridized carbons (Fsp3) is 0. The van der Waals surface area contributed by atoms with Gasteiger partial charge in [-0.2, -0.15) is 0 Å². The summed E-state index contributed by atoms with van der Waals surface area (Å²) in [4.78, 5) is 15.4. The third-order valence-electron chi connectivity index (χ3n) is 8.50. The van der Waals surface area contributed by atoms with Gasteiger partial charge in [-0.15, -0.1) is 22.7 Å². The summed E-state index contributed by atoms with van der Waals surface area (Å²) in [6, 6.07) is 38.6. The van der Waals surface area contributed by atoms with Gasteiger partial charge in [0.05, 0.1) is 31.6 Å². The van der Waals surface area contributed by atoms with Gasteiger partial charge < -0.3 is 0 Å². The molecule has 0 unspecified atom stereocenters. The standard InChI is InChI=1S/C37H20N4S2/c1-2-10-21(11-3-1)32-36-33(25-14-6-9-17-29(25)43-36)40-37(39-32)41-27-15-7-4-12-23(27)30-22-18-19-38-20-26(22)31-24-13-5-8-16-28(24)42-35(31)34(30)41/h1-20H.